The first-order valence-electron chi connectivity index (χ1n) is 5.47. The predicted molar refractivity (Wildman–Crippen MR) is 68.3 cm³/mol. The molecule has 0 spiro atoms. The van der Waals surface area contributed by atoms with Crippen LogP contribution in [0.1, 0.15) is 17.3 Å². The summed E-state index contributed by atoms with van der Waals surface area (Å²) in [5.41, 5.74) is 4.07. The summed E-state index contributed by atoms with van der Waals surface area (Å²) in [6.45, 7) is 2.29. The Hall–Kier alpha value is -2.44. The van der Waals surface area contributed by atoms with Crippen LogP contribution in [0.25, 0.3) is 0 Å². The van der Waals surface area contributed by atoms with Crippen molar-refractivity contribution in [3.8, 4) is 5.75 Å². The van der Waals surface area contributed by atoms with Crippen LogP contribution in [0.2, 0.25) is 0 Å². The van der Waals surface area contributed by atoms with E-state index in [2.05, 4.69) is 4.74 Å². The predicted octanol–water partition coefficient (Wildman–Crippen LogP) is 1.81. The van der Waals surface area contributed by atoms with E-state index in [1.54, 1.807) is 19.1 Å². The van der Waals surface area contributed by atoms with Gasteiger partial charge in [0.25, 0.3) is 12.4 Å². The number of halogens is 2. The Labute approximate surface area is 115 Å². The van der Waals surface area contributed by atoms with E-state index in [9.17, 15) is 13.6 Å². The fourth-order valence-electron chi connectivity index (χ4n) is 1.10. The third-order valence-electron chi connectivity index (χ3n) is 1.97. The van der Waals surface area contributed by atoms with Gasteiger partial charge in [0.1, 0.15) is 18.0 Å². The molecule has 0 bridgehead atoms. The first kappa shape index (κ1) is 17.6. The molecule has 1 rings (SSSR count). The van der Waals surface area contributed by atoms with Crippen molar-refractivity contribution < 1.29 is 27.8 Å². The molecule has 0 aliphatic carbocycles. The molecule has 110 valence electrons. The molecular formula is C13H15F2NO4. The fraction of sp³-hybridized carbons (Fsp3) is 0.231. The highest BCUT2D eigenvalue weighted by molar-refractivity contribution is 5.93. The second-order valence-electron chi connectivity index (χ2n) is 3.31. The van der Waals surface area contributed by atoms with Crippen molar-refractivity contribution in [3.63, 3.8) is 0 Å². The number of carbonyl (C=O) groups excluding carboxylic acids is 2. The highest BCUT2D eigenvalue weighted by atomic mass is 19.1. The largest absolute Gasteiger partial charge is 0.486 e. The highest BCUT2D eigenvalue weighted by Gasteiger charge is 2.18. The lowest BCUT2D eigenvalue weighted by Gasteiger charge is -2.07. The van der Waals surface area contributed by atoms with Gasteiger partial charge in [0.05, 0.1) is 7.11 Å². The van der Waals surface area contributed by atoms with Gasteiger partial charge in [0.15, 0.2) is 11.6 Å². The summed E-state index contributed by atoms with van der Waals surface area (Å²) in [6.07, 6.45) is 3.36. The number of carbonyl (C=O) groups is 2. The molecule has 0 fully saturated rings. The van der Waals surface area contributed by atoms with Gasteiger partial charge >= 0.3 is 0 Å². The Morgan fingerprint density at radius 2 is 2.00 bits per heavy atom. The van der Waals surface area contributed by atoms with Gasteiger partial charge in [-0.3, -0.25) is 9.59 Å². The lowest BCUT2D eigenvalue weighted by molar-refractivity contribution is -0.126. The van der Waals surface area contributed by atoms with Crippen LogP contribution in [-0.2, 0) is 9.53 Å². The third-order valence-corrected chi connectivity index (χ3v) is 1.97. The third kappa shape index (κ3) is 5.47. The Kier molecular flexibility index (Phi) is 8.33. The van der Waals surface area contributed by atoms with Crippen molar-refractivity contribution >= 4 is 12.4 Å². The average Bonchev–Trinajstić information content (AvgIpc) is 2.41. The number of amides is 1. The summed E-state index contributed by atoms with van der Waals surface area (Å²) in [5.74, 6) is -3.43. The standard InChI is InChI=1S/C11H11F2NO2.C2H4O2/c1-2-3-6-16-8-5-4-7(12)9(10(8)13)11(14)15;1-4-2-3/h2-5H,6H2,1H3,(H2,14,15);2H,1H3/b3-2+;. The minimum atomic E-state index is -1.16. The number of nitrogens with two attached hydrogens (primary N) is 1. The Morgan fingerprint density at radius 1 is 1.40 bits per heavy atom. The number of ether oxygens (including phenoxy) is 2. The molecule has 0 unspecified atom stereocenters. The summed E-state index contributed by atoms with van der Waals surface area (Å²) < 4.78 is 35.4. The first-order chi connectivity index (χ1) is 9.49. The van der Waals surface area contributed by atoms with Crippen LogP contribution in [0.15, 0.2) is 24.3 Å². The SMILES string of the molecule is C/C=C/COc1ccc(F)c(C(N)=O)c1F.COC=O. The molecule has 0 aromatic heterocycles. The zero-order valence-corrected chi connectivity index (χ0v) is 11.1. The molecule has 0 atom stereocenters. The zero-order chi connectivity index (χ0) is 15.5. The van der Waals surface area contributed by atoms with Crippen LogP contribution < -0.4 is 10.5 Å². The number of primary amides is 1. The number of hydrogen-bond acceptors (Lipinski definition) is 4. The van der Waals surface area contributed by atoms with E-state index in [4.69, 9.17) is 15.3 Å². The molecule has 0 heterocycles. The molecule has 2 N–H and O–H groups in total. The minimum Gasteiger partial charge on any atom is -0.486 e. The van der Waals surface area contributed by atoms with Gasteiger partial charge < -0.3 is 15.2 Å². The smallest absolute Gasteiger partial charge is 0.292 e. The number of allylic oxidation sites excluding steroid dienone is 1. The maximum Gasteiger partial charge on any atom is 0.292 e. The van der Waals surface area contributed by atoms with E-state index in [-0.39, 0.29) is 12.4 Å². The van der Waals surface area contributed by atoms with E-state index in [0.29, 0.717) is 6.47 Å². The van der Waals surface area contributed by atoms with Gasteiger partial charge in [-0.1, -0.05) is 12.2 Å². The zero-order valence-electron chi connectivity index (χ0n) is 11.1. The highest BCUT2D eigenvalue weighted by Crippen LogP contribution is 2.22. The van der Waals surface area contributed by atoms with Gasteiger partial charge in [-0.25, -0.2) is 8.78 Å². The van der Waals surface area contributed by atoms with Crippen molar-refractivity contribution in [1.29, 1.82) is 0 Å². The van der Waals surface area contributed by atoms with Gasteiger partial charge in [0, 0.05) is 0 Å². The minimum absolute atomic E-state index is 0.136. The molecule has 1 aromatic carbocycles. The maximum absolute atomic E-state index is 13.5. The molecule has 7 heteroatoms. The van der Waals surface area contributed by atoms with Gasteiger partial charge in [0.2, 0.25) is 0 Å². The van der Waals surface area contributed by atoms with Crippen molar-refractivity contribution in [2.75, 3.05) is 13.7 Å². The summed E-state index contributed by atoms with van der Waals surface area (Å²) in [6, 6.07) is 2.05. The second kappa shape index (κ2) is 9.48. The lowest BCUT2D eigenvalue weighted by atomic mass is 10.1. The molecular weight excluding hydrogens is 272 g/mol. The lowest BCUT2D eigenvalue weighted by Crippen LogP contribution is -2.16. The summed E-state index contributed by atoms with van der Waals surface area (Å²) in [7, 11) is 1.31. The molecule has 0 saturated carbocycles. The fourth-order valence-corrected chi connectivity index (χ4v) is 1.10. The molecule has 1 aromatic rings. The first-order valence-corrected chi connectivity index (χ1v) is 5.47. The van der Waals surface area contributed by atoms with Gasteiger partial charge in [-0.15, -0.1) is 0 Å². The Bertz CT molecular complexity index is 490. The van der Waals surface area contributed by atoms with E-state index in [1.807, 2.05) is 0 Å². The van der Waals surface area contributed by atoms with Crippen LogP contribution in [0.4, 0.5) is 8.78 Å². The normalized spacial score (nSPS) is 9.60. The van der Waals surface area contributed by atoms with Crippen LogP contribution in [0.5, 0.6) is 5.75 Å². The van der Waals surface area contributed by atoms with E-state index >= 15 is 0 Å². The average molecular weight is 287 g/mol. The Morgan fingerprint density at radius 3 is 2.45 bits per heavy atom. The van der Waals surface area contributed by atoms with Crippen LogP contribution >= 0.6 is 0 Å². The molecule has 0 saturated heterocycles. The summed E-state index contributed by atoms with van der Waals surface area (Å²) >= 11 is 0. The number of benzene rings is 1. The number of rotatable bonds is 5. The molecule has 0 aliphatic heterocycles. The monoisotopic (exact) mass is 287 g/mol. The van der Waals surface area contributed by atoms with E-state index in [1.165, 1.54) is 7.11 Å². The molecule has 20 heavy (non-hydrogen) atoms. The quantitative estimate of drug-likeness (QED) is 0.661. The molecule has 5 nitrogen and oxygen atoms in total. The van der Waals surface area contributed by atoms with Crippen molar-refractivity contribution in [3.05, 3.63) is 41.5 Å². The van der Waals surface area contributed by atoms with Crippen molar-refractivity contribution in [2.24, 2.45) is 5.73 Å². The van der Waals surface area contributed by atoms with Gasteiger partial charge in [-0.05, 0) is 19.1 Å². The number of hydrogen-bond donors (Lipinski definition) is 1. The Balaban J connectivity index is 0.000000796. The molecule has 0 aliphatic rings. The summed E-state index contributed by atoms with van der Waals surface area (Å²) in [5, 5.41) is 0. The van der Waals surface area contributed by atoms with Gasteiger partial charge in [-0.2, -0.15) is 0 Å². The second-order valence-corrected chi connectivity index (χ2v) is 3.31. The van der Waals surface area contributed by atoms with Crippen LogP contribution in [0, 0.1) is 11.6 Å². The van der Waals surface area contributed by atoms with Crippen molar-refractivity contribution in [1.82, 2.24) is 0 Å². The summed E-state index contributed by atoms with van der Waals surface area (Å²) in [4.78, 5) is 19.7. The van der Waals surface area contributed by atoms with E-state index in [0.717, 1.165) is 12.1 Å². The topological polar surface area (TPSA) is 78.6 Å². The maximum atomic E-state index is 13.5. The van der Waals surface area contributed by atoms with Crippen molar-refractivity contribution in [2.45, 2.75) is 6.92 Å². The van der Waals surface area contributed by atoms with E-state index < -0.39 is 23.1 Å². The molecule has 1 amide bonds. The number of methoxy groups -OCH3 is 1. The van der Waals surface area contributed by atoms with Crippen LogP contribution in [0.3, 0.4) is 0 Å². The molecule has 0 radical (unpaired) electrons. The van der Waals surface area contributed by atoms with Crippen LogP contribution in [-0.4, -0.2) is 26.1 Å².